The number of ketones is 1. The Hall–Kier alpha value is -3.25. The van der Waals surface area contributed by atoms with E-state index < -0.39 is 79.9 Å². The number of phenols is 1. The number of rotatable bonds is 8. The quantitative estimate of drug-likeness (QED) is 0.190. The molecule has 0 aromatic heterocycles. The van der Waals surface area contributed by atoms with Gasteiger partial charge in [0.15, 0.2) is 23.6 Å². The number of aromatic hydroxyl groups is 1. The monoisotopic (exact) mass is 624 g/mol. The maximum Gasteiger partial charge on any atom is 0.229 e. The summed E-state index contributed by atoms with van der Waals surface area (Å²) < 4.78 is 38.9. The highest BCUT2D eigenvalue weighted by atomic mass is 16.7. The summed E-state index contributed by atoms with van der Waals surface area (Å²) in [5.41, 5.74) is 0.551. The predicted molar refractivity (Wildman–Crippen MR) is 146 cm³/mol. The third-order valence-corrected chi connectivity index (χ3v) is 7.91. The van der Waals surface area contributed by atoms with Gasteiger partial charge in [-0.25, -0.2) is 0 Å². The molecule has 0 spiro atoms. The molecule has 0 aliphatic carbocycles. The minimum absolute atomic E-state index is 0.0000931. The van der Waals surface area contributed by atoms with Crippen molar-refractivity contribution in [1.29, 1.82) is 0 Å². The van der Waals surface area contributed by atoms with Gasteiger partial charge in [0.1, 0.15) is 71.6 Å². The van der Waals surface area contributed by atoms with Crippen molar-refractivity contribution >= 4 is 5.78 Å². The first kappa shape index (κ1) is 32.2. The van der Waals surface area contributed by atoms with E-state index in [4.69, 9.17) is 33.2 Å². The molecule has 3 aliphatic heterocycles. The Labute approximate surface area is 251 Å². The first-order valence-electron chi connectivity index (χ1n) is 13.9. The molecule has 242 valence electrons. The van der Waals surface area contributed by atoms with Crippen LogP contribution in [-0.4, -0.2) is 124 Å². The molecule has 0 unspecified atom stereocenters. The van der Waals surface area contributed by atoms with Crippen LogP contribution in [0.3, 0.4) is 0 Å². The number of ether oxygens (including phenoxy) is 7. The van der Waals surface area contributed by atoms with E-state index in [-0.39, 0.29) is 29.3 Å². The fraction of sp³-hybridized carbons (Fsp3) is 0.552. The van der Waals surface area contributed by atoms with Crippen LogP contribution in [0, 0.1) is 0 Å². The fourth-order valence-electron chi connectivity index (χ4n) is 5.35. The lowest BCUT2D eigenvalue weighted by Gasteiger charge is -2.42. The van der Waals surface area contributed by atoms with E-state index in [2.05, 4.69) is 0 Å². The number of aliphatic hydroxyl groups excluding tert-OH is 6. The van der Waals surface area contributed by atoms with Gasteiger partial charge in [0.25, 0.3) is 0 Å². The normalized spacial score (nSPS) is 35.4. The molecule has 44 heavy (non-hydrogen) atoms. The molecule has 0 radical (unpaired) electrons. The molecule has 0 bridgehead atoms. The molecule has 11 atom stereocenters. The Morgan fingerprint density at radius 3 is 2.20 bits per heavy atom. The second kappa shape index (κ2) is 13.0. The smallest absolute Gasteiger partial charge is 0.229 e. The summed E-state index contributed by atoms with van der Waals surface area (Å²) in [6, 6.07) is 7.50. The van der Waals surface area contributed by atoms with Crippen LogP contribution in [0.2, 0.25) is 0 Å². The molecule has 0 amide bonds. The average molecular weight is 625 g/mol. The number of aliphatic hydroxyl groups is 6. The number of Topliss-reactive ketones (excluding diaryl/α,β-unsaturated/α-hetero) is 1. The SMILES string of the molecule is COc1ccc([C@@H]2CC(=O)c3c(O)cc(O[C@@H]4O[C@H](CO[C@@H]5O[C@@H](C)[C@H](O)[C@@H](O)[C@H]5O)[C@@H](O)[C@H](O)[C@@H]4O)cc3O2)cc1OC. The van der Waals surface area contributed by atoms with E-state index in [0.29, 0.717) is 17.1 Å². The van der Waals surface area contributed by atoms with Crippen LogP contribution in [0.25, 0.3) is 0 Å². The van der Waals surface area contributed by atoms with Crippen LogP contribution in [-0.2, 0) is 14.2 Å². The number of phenolic OH excluding ortho intramolecular Hbond substituents is 1. The maximum absolute atomic E-state index is 13.0. The fourth-order valence-corrected chi connectivity index (χ4v) is 5.35. The van der Waals surface area contributed by atoms with Crippen LogP contribution in [0.4, 0.5) is 0 Å². The predicted octanol–water partition coefficient (Wildman–Crippen LogP) is -0.854. The number of benzene rings is 2. The number of hydrogen-bond donors (Lipinski definition) is 7. The number of fused-ring (bicyclic) bond motifs is 1. The van der Waals surface area contributed by atoms with Crippen LogP contribution >= 0.6 is 0 Å². The summed E-state index contributed by atoms with van der Waals surface area (Å²) in [5, 5.41) is 72.3. The lowest BCUT2D eigenvalue weighted by Crippen LogP contribution is -2.61. The van der Waals surface area contributed by atoms with Crippen molar-refractivity contribution in [3.05, 3.63) is 41.5 Å². The van der Waals surface area contributed by atoms with Gasteiger partial charge in [0.05, 0.1) is 33.4 Å². The summed E-state index contributed by atoms with van der Waals surface area (Å²) in [5.74, 6) is -0.00697. The molecule has 2 fully saturated rings. The number of hydrogen-bond acceptors (Lipinski definition) is 15. The van der Waals surface area contributed by atoms with Gasteiger partial charge in [0, 0.05) is 12.1 Å². The Kier molecular flexibility index (Phi) is 9.50. The second-order valence-electron chi connectivity index (χ2n) is 10.8. The molecule has 7 N–H and O–H groups in total. The Balaban J connectivity index is 1.31. The molecule has 2 aromatic rings. The van der Waals surface area contributed by atoms with Gasteiger partial charge >= 0.3 is 0 Å². The van der Waals surface area contributed by atoms with E-state index in [9.17, 15) is 40.5 Å². The van der Waals surface area contributed by atoms with Crippen molar-refractivity contribution in [2.24, 2.45) is 0 Å². The van der Waals surface area contributed by atoms with Gasteiger partial charge in [-0.3, -0.25) is 4.79 Å². The molecular weight excluding hydrogens is 588 g/mol. The largest absolute Gasteiger partial charge is 0.507 e. The minimum atomic E-state index is -1.76. The van der Waals surface area contributed by atoms with E-state index in [1.54, 1.807) is 18.2 Å². The van der Waals surface area contributed by atoms with E-state index in [0.717, 1.165) is 6.07 Å². The van der Waals surface area contributed by atoms with Gasteiger partial charge in [-0.05, 0) is 24.6 Å². The summed E-state index contributed by atoms with van der Waals surface area (Å²) in [4.78, 5) is 13.0. The lowest BCUT2D eigenvalue weighted by atomic mass is 9.95. The van der Waals surface area contributed by atoms with E-state index in [1.807, 2.05) is 0 Å². The van der Waals surface area contributed by atoms with Crippen molar-refractivity contribution < 1.29 is 73.7 Å². The van der Waals surface area contributed by atoms with Crippen molar-refractivity contribution in [2.45, 2.75) is 80.9 Å². The van der Waals surface area contributed by atoms with Gasteiger partial charge in [-0.15, -0.1) is 0 Å². The first-order valence-corrected chi connectivity index (χ1v) is 13.9. The number of carbonyl (C=O) groups excluding carboxylic acids is 1. The van der Waals surface area contributed by atoms with Crippen LogP contribution in [0.15, 0.2) is 30.3 Å². The van der Waals surface area contributed by atoms with Gasteiger partial charge in [-0.2, -0.15) is 0 Å². The standard InChI is InChI=1S/C29H36O15/c1-11-22(32)24(34)26(36)28(41-11)40-10-20-23(33)25(35)27(37)29(44-20)42-13-7-14(30)21-15(31)9-17(43-19(21)8-13)12-4-5-16(38-2)18(6-12)39-3/h4-8,11,17,20,22-30,32-37H,9-10H2,1-3H3/t11-,17-,20+,22-,23+,24+,25-,26+,27-,28+,29+/m0/s1. The molecule has 0 saturated carbocycles. The van der Waals surface area contributed by atoms with Gasteiger partial charge < -0.3 is 68.9 Å². The minimum Gasteiger partial charge on any atom is -0.507 e. The molecule has 2 saturated heterocycles. The summed E-state index contributed by atoms with van der Waals surface area (Å²) in [6.07, 6.45) is -15.7. The third-order valence-electron chi connectivity index (χ3n) is 7.91. The van der Waals surface area contributed by atoms with Gasteiger partial charge in [0.2, 0.25) is 6.29 Å². The second-order valence-corrected chi connectivity index (χ2v) is 10.8. The highest BCUT2D eigenvalue weighted by Crippen LogP contribution is 2.43. The maximum atomic E-state index is 13.0. The molecule has 2 aromatic carbocycles. The van der Waals surface area contributed by atoms with Gasteiger partial charge in [-0.1, -0.05) is 6.07 Å². The molecule has 3 aliphatic rings. The van der Waals surface area contributed by atoms with Crippen LogP contribution < -0.4 is 18.9 Å². The van der Waals surface area contributed by atoms with Crippen molar-refractivity contribution in [2.75, 3.05) is 20.8 Å². The summed E-state index contributed by atoms with van der Waals surface area (Å²) >= 11 is 0. The topological polar surface area (TPSA) is 223 Å². The van der Waals surface area contributed by atoms with Crippen molar-refractivity contribution in [1.82, 2.24) is 0 Å². The Morgan fingerprint density at radius 1 is 0.818 bits per heavy atom. The molecular formula is C29H36O15. The Bertz CT molecular complexity index is 1340. The summed E-state index contributed by atoms with van der Waals surface area (Å²) in [6.45, 7) is 0.982. The summed E-state index contributed by atoms with van der Waals surface area (Å²) in [7, 11) is 2.97. The van der Waals surface area contributed by atoms with Crippen LogP contribution in [0.1, 0.15) is 35.4 Å². The molecule has 5 rings (SSSR count). The van der Waals surface area contributed by atoms with E-state index >= 15 is 0 Å². The van der Waals surface area contributed by atoms with Crippen molar-refractivity contribution in [3.63, 3.8) is 0 Å². The van der Waals surface area contributed by atoms with E-state index in [1.165, 1.54) is 27.2 Å². The molecule has 15 nitrogen and oxygen atoms in total. The van der Waals surface area contributed by atoms with Crippen molar-refractivity contribution in [3.8, 4) is 28.7 Å². The highest BCUT2D eigenvalue weighted by Gasteiger charge is 2.47. The zero-order valence-electron chi connectivity index (χ0n) is 24.0. The number of methoxy groups -OCH3 is 2. The molecule has 3 heterocycles. The zero-order chi connectivity index (χ0) is 31.9. The number of carbonyl (C=O) groups is 1. The molecule has 15 heteroatoms. The third kappa shape index (κ3) is 6.15. The highest BCUT2D eigenvalue weighted by molar-refractivity contribution is 6.02. The Morgan fingerprint density at radius 2 is 1.50 bits per heavy atom. The van der Waals surface area contributed by atoms with Crippen LogP contribution in [0.5, 0.6) is 28.7 Å². The average Bonchev–Trinajstić information content (AvgIpc) is 3.01. The lowest BCUT2D eigenvalue weighted by molar-refractivity contribution is -0.318. The first-order chi connectivity index (χ1) is 20.9. The zero-order valence-corrected chi connectivity index (χ0v) is 24.0.